The van der Waals surface area contributed by atoms with Crippen LogP contribution in [0.1, 0.15) is 25.8 Å². The van der Waals surface area contributed by atoms with Gasteiger partial charge in [-0.3, -0.25) is 0 Å². The lowest BCUT2D eigenvalue weighted by Crippen LogP contribution is -2.52. The van der Waals surface area contributed by atoms with Gasteiger partial charge in [0.1, 0.15) is 0 Å². The van der Waals surface area contributed by atoms with Gasteiger partial charge in [0.15, 0.2) is 0 Å². The Bertz CT molecular complexity index is 406. The number of nitrogens with one attached hydrogen (secondary N) is 2. The molecule has 3 N–H and O–H groups in total. The van der Waals surface area contributed by atoms with E-state index in [0.717, 1.165) is 5.56 Å². The highest BCUT2D eigenvalue weighted by molar-refractivity contribution is 6.31. The lowest BCUT2D eigenvalue weighted by Gasteiger charge is -2.27. The summed E-state index contributed by atoms with van der Waals surface area (Å²) in [7, 11) is 0. The minimum absolute atomic E-state index is 0.0942. The molecule has 0 spiro atoms. The summed E-state index contributed by atoms with van der Waals surface area (Å²) in [6, 6.07) is 7.03. The van der Waals surface area contributed by atoms with Crippen LogP contribution in [0.4, 0.5) is 4.79 Å². The standard InChI is InChI=1S/C13H19ClN2O2/c1-3-13(2,9-17)16-12(18)15-8-10-6-4-5-7-11(10)14/h4-7,17H,3,8-9H2,1-2H3,(H2,15,16,18)/t13-/m0/s1. The van der Waals surface area contributed by atoms with Crippen LogP contribution >= 0.6 is 11.6 Å². The predicted molar refractivity (Wildman–Crippen MR) is 72.6 cm³/mol. The van der Waals surface area contributed by atoms with E-state index in [2.05, 4.69) is 10.6 Å². The molecule has 1 atom stereocenters. The maximum Gasteiger partial charge on any atom is 0.315 e. The van der Waals surface area contributed by atoms with Crippen LogP contribution in [0.15, 0.2) is 24.3 Å². The average molecular weight is 271 g/mol. The highest BCUT2D eigenvalue weighted by atomic mass is 35.5. The molecule has 0 aromatic heterocycles. The molecule has 0 bridgehead atoms. The second-order valence-corrected chi connectivity index (χ2v) is 4.88. The van der Waals surface area contributed by atoms with Gasteiger partial charge in [0, 0.05) is 11.6 Å². The van der Waals surface area contributed by atoms with Gasteiger partial charge in [-0.05, 0) is 25.0 Å². The molecule has 0 fully saturated rings. The van der Waals surface area contributed by atoms with Crippen molar-refractivity contribution in [3.05, 3.63) is 34.9 Å². The van der Waals surface area contributed by atoms with Crippen molar-refractivity contribution in [2.75, 3.05) is 6.61 Å². The van der Waals surface area contributed by atoms with Gasteiger partial charge in [-0.15, -0.1) is 0 Å². The Morgan fingerprint density at radius 2 is 2.11 bits per heavy atom. The largest absolute Gasteiger partial charge is 0.394 e. The van der Waals surface area contributed by atoms with Crippen molar-refractivity contribution < 1.29 is 9.90 Å². The Kier molecular flexibility index (Phi) is 5.44. The number of carbonyl (C=O) groups excluding carboxylic acids is 1. The fourth-order valence-electron chi connectivity index (χ4n) is 1.38. The molecule has 1 rings (SSSR count). The third kappa shape index (κ3) is 4.20. The summed E-state index contributed by atoms with van der Waals surface area (Å²) in [5, 5.41) is 15.3. The molecule has 2 amide bonds. The molecule has 100 valence electrons. The van der Waals surface area contributed by atoms with Crippen LogP contribution in [-0.4, -0.2) is 23.3 Å². The summed E-state index contributed by atoms with van der Waals surface area (Å²) < 4.78 is 0. The van der Waals surface area contributed by atoms with Gasteiger partial charge in [-0.2, -0.15) is 0 Å². The number of urea groups is 1. The zero-order valence-corrected chi connectivity index (χ0v) is 11.4. The fourth-order valence-corrected chi connectivity index (χ4v) is 1.58. The zero-order valence-electron chi connectivity index (χ0n) is 10.7. The van der Waals surface area contributed by atoms with Crippen molar-refractivity contribution in [2.24, 2.45) is 0 Å². The van der Waals surface area contributed by atoms with Gasteiger partial charge in [-0.25, -0.2) is 4.79 Å². The number of hydrogen-bond acceptors (Lipinski definition) is 2. The number of hydrogen-bond donors (Lipinski definition) is 3. The summed E-state index contributed by atoms with van der Waals surface area (Å²) in [4.78, 5) is 11.7. The Morgan fingerprint density at radius 3 is 2.67 bits per heavy atom. The number of benzene rings is 1. The highest BCUT2D eigenvalue weighted by Gasteiger charge is 2.22. The summed E-state index contributed by atoms with van der Waals surface area (Å²) >= 11 is 5.98. The summed E-state index contributed by atoms with van der Waals surface area (Å²) in [5.41, 5.74) is 0.265. The van der Waals surface area contributed by atoms with Crippen molar-refractivity contribution >= 4 is 17.6 Å². The summed E-state index contributed by atoms with van der Waals surface area (Å²) in [6.45, 7) is 3.96. The van der Waals surface area contributed by atoms with E-state index in [1.807, 2.05) is 25.1 Å². The van der Waals surface area contributed by atoms with Crippen molar-refractivity contribution in [1.82, 2.24) is 10.6 Å². The van der Waals surface area contributed by atoms with Crippen LogP contribution < -0.4 is 10.6 Å². The average Bonchev–Trinajstić information content (AvgIpc) is 2.37. The lowest BCUT2D eigenvalue weighted by atomic mass is 10.0. The van der Waals surface area contributed by atoms with E-state index < -0.39 is 5.54 Å². The smallest absolute Gasteiger partial charge is 0.315 e. The molecular weight excluding hydrogens is 252 g/mol. The molecule has 0 saturated heterocycles. The van der Waals surface area contributed by atoms with E-state index in [-0.39, 0.29) is 12.6 Å². The third-order valence-electron chi connectivity index (χ3n) is 2.94. The van der Waals surface area contributed by atoms with Gasteiger partial charge in [0.05, 0.1) is 12.1 Å². The van der Waals surface area contributed by atoms with Crippen LogP contribution in [0.2, 0.25) is 5.02 Å². The Labute approximate surface area is 112 Å². The molecule has 1 aromatic rings. The second-order valence-electron chi connectivity index (χ2n) is 4.47. The molecule has 0 saturated carbocycles. The number of rotatable bonds is 5. The van der Waals surface area contributed by atoms with Gasteiger partial charge >= 0.3 is 6.03 Å². The van der Waals surface area contributed by atoms with Crippen LogP contribution in [0.5, 0.6) is 0 Å². The monoisotopic (exact) mass is 270 g/mol. The maximum absolute atomic E-state index is 11.7. The Hall–Kier alpha value is -1.26. The number of amides is 2. The van der Waals surface area contributed by atoms with Crippen LogP contribution in [0.25, 0.3) is 0 Å². The van der Waals surface area contributed by atoms with Crippen LogP contribution in [-0.2, 0) is 6.54 Å². The number of aliphatic hydroxyl groups excluding tert-OH is 1. The summed E-state index contributed by atoms with van der Waals surface area (Å²) in [5.74, 6) is 0. The third-order valence-corrected chi connectivity index (χ3v) is 3.31. The first-order chi connectivity index (χ1) is 8.50. The van der Waals surface area contributed by atoms with E-state index in [4.69, 9.17) is 11.6 Å². The number of carbonyl (C=O) groups is 1. The Balaban J connectivity index is 2.50. The zero-order chi connectivity index (χ0) is 13.6. The van der Waals surface area contributed by atoms with E-state index in [1.165, 1.54) is 0 Å². The molecule has 1 aromatic carbocycles. The minimum Gasteiger partial charge on any atom is -0.394 e. The van der Waals surface area contributed by atoms with Crippen LogP contribution in [0, 0.1) is 0 Å². The first kappa shape index (κ1) is 14.8. The topological polar surface area (TPSA) is 61.4 Å². The molecule has 4 nitrogen and oxygen atoms in total. The van der Waals surface area contributed by atoms with E-state index in [9.17, 15) is 9.90 Å². The molecule has 0 aliphatic carbocycles. The molecule has 0 radical (unpaired) electrons. The van der Waals surface area contributed by atoms with Gasteiger partial charge in [0.25, 0.3) is 0 Å². The van der Waals surface area contributed by atoms with Gasteiger partial charge < -0.3 is 15.7 Å². The lowest BCUT2D eigenvalue weighted by molar-refractivity contribution is 0.167. The molecule has 18 heavy (non-hydrogen) atoms. The quantitative estimate of drug-likeness (QED) is 0.769. The number of aliphatic hydroxyl groups is 1. The summed E-state index contributed by atoms with van der Waals surface area (Å²) in [6.07, 6.45) is 0.656. The van der Waals surface area contributed by atoms with Crippen molar-refractivity contribution in [1.29, 1.82) is 0 Å². The van der Waals surface area contributed by atoms with Crippen LogP contribution in [0.3, 0.4) is 0 Å². The predicted octanol–water partition coefficient (Wildman–Crippen LogP) is 2.30. The van der Waals surface area contributed by atoms with Crippen molar-refractivity contribution in [3.63, 3.8) is 0 Å². The van der Waals surface area contributed by atoms with E-state index in [1.54, 1.807) is 13.0 Å². The molecule has 0 aliphatic rings. The fraction of sp³-hybridized carbons (Fsp3) is 0.462. The minimum atomic E-state index is -0.593. The highest BCUT2D eigenvalue weighted by Crippen LogP contribution is 2.14. The normalized spacial score (nSPS) is 13.8. The number of halogens is 1. The maximum atomic E-state index is 11.7. The van der Waals surface area contributed by atoms with Gasteiger partial charge in [-0.1, -0.05) is 36.7 Å². The van der Waals surface area contributed by atoms with Crippen molar-refractivity contribution in [2.45, 2.75) is 32.4 Å². The van der Waals surface area contributed by atoms with Crippen molar-refractivity contribution in [3.8, 4) is 0 Å². The van der Waals surface area contributed by atoms with E-state index >= 15 is 0 Å². The SMILES string of the molecule is CC[C@@](C)(CO)NC(=O)NCc1ccccc1Cl. The molecular formula is C13H19ClN2O2. The molecule has 0 aliphatic heterocycles. The van der Waals surface area contributed by atoms with Gasteiger partial charge in [0.2, 0.25) is 0 Å². The molecule has 0 unspecified atom stereocenters. The van der Waals surface area contributed by atoms with E-state index in [0.29, 0.717) is 18.0 Å². The first-order valence-electron chi connectivity index (χ1n) is 5.91. The first-order valence-corrected chi connectivity index (χ1v) is 6.29. The second kappa shape index (κ2) is 6.61. The molecule has 0 heterocycles. The Morgan fingerprint density at radius 1 is 1.44 bits per heavy atom. The molecule has 5 heteroatoms.